The summed E-state index contributed by atoms with van der Waals surface area (Å²) >= 11 is 1.61. The Morgan fingerprint density at radius 1 is 1.02 bits per heavy atom. The summed E-state index contributed by atoms with van der Waals surface area (Å²) in [6, 6.07) is 19.5. The van der Waals surface area contributed by atoms with Gasteiger partial charge in [-0.25, -0.2) is 14.5 Å². The lowest BCUT2D eigenvalue weighted by atomic mass is 9.96. The van der Waals surface area contributed by atoms with Crippen LogP contribution in [0.25, 0.3) is 17.1 Å². The average Bonchev–Trinajstić information content (AvgIpc) is 3.75. The molecule has 1 aliphatic carbocycles. The molecule has 228 valence electrons. The van der Waals surface area contributed by atoms with Crippen LogP contribution in [0.1, 0.15) is 41.9 Å². The van der Waals surface area contributed by atoms with Gasteiger partial charge in [0.1, 0.15) is 12.1 Å². The molecule has 2 heterocycles. The number of halogens is 3. The van der Waals surface area contributed by atoms with Crippen molar-refractivity contribution in [3.8, 4) is 22.8 Å². The molecule has 2 unspecified atom stereocenters. The van der Waals surface area contributed by atoms with Gasteiger partial charge in [-0.2, -0.15) is 4.99 Å². The number of nitrogens with one attached hydrogen (secondary N) is 1. The summed E-state index contributed by atoms with van der Waals surface area (Å²) < 4.78 is 42.7. The summed E-state index contributed by atoms with van der Waals surface area (Å²) in [7, 11) is 0. The number of rotatable bonds is 6. The van der Waals surface area contributed by atoms with Crippen molar-refractivity contribution in [1.82, 2.24) is 20.1 Å². The molecule has 2 fully saturated rings. The minimum atomic E-state index is -4.74. The van der Waals surface area contributed by atoms with E-state index in [4.69, 9.17) is 0 Å². The second-order valence-electron chi connectivity index (χ2n) is 11.0. The number of thioether (sulfide) groups is 1. The predicted molar refractivity (Wildman–Crippen MR) is 166 cm³/mol. The van der Waals surface area contributed by atoms with E-state index in [-0.39, 0.29) is 17.8 Å². The molecule has 0 bridgehead atoms. The average molecular weight is 621 g/mol. The summed E-state index contributed by atoms with van der Waals surface area (Å²) in [6.45, 7) is 4.99. The number of carbonyl (C=O) groups is 1. The van der Waals surface area contributed by atoms with Crippen molar-refractivity contribution in [2.45, 2.75) is 51.4 Å². The Balaban J connectivity index is 1.05. The molecular formula is C32H31F3N6O2S. The highest BCUT2D eigenvalue weighted by atomic mass is 32.2. The number of aromatic nitrogens is 3. The third kappa shape index (κ3) is 6.75. The smallest absolute Gasteiger partial charge is 0.406 e. The van der Waals surface area contributed by atoms with Crippen molar-refractivity contribution in [3.05, 3.63) is 89.7 Å². The van der Waals surface area contributed by atoms with Crippen LogP contribution in [0.5, 0.6) is 5.75 Å². The molecule has 0 spiro atoms. The van der Waals surface area contributed by atoms with E-state index in [0.717, 1.165) is 48.0 Å². The van der Waals surface area contributed by atoms with Gasteiger partial charge in [-0.3, -0.25) is 0 Å². The topological polar surface area (TPSA) is 84.6 Å². The highest BCUT2D eigenvalue weighted by Gasteiger charge is 2.31. The van der Waals surface area contributed by atoms with Crippen LogP contribution in [0.2, 0.25) is 0 Å². The van der Waals surface area contributed by atoms with Crippen LogP contribution in [0.15, 0.2) is 78.0 Å². The van der Waals surface area contributed by atoms with Gasteiger partial charge in [0.05, 0.1) is 5.69 Å². The first kappa shape index (κ1) is 29.7. The van der Waals surface area contributed by atoms with Gasteiger partial charge in [0.25, 0.3) is 0 Å². The van der Waals surface area contributed by atoms with Crippen molar-refractivity contribution in [3.63, 3.8) is 0 Å². The molecule has 1 aliphatic heterocycles. The van der Waals surface area contributed by atoms with Gasteiger partial charge in [0.2, 0.25) is 0 Å². The molecule has 1 saturated carbocycles. The highest BCUT2D eigenvalue weighted by molar-refractivity contribution is 8.14. The zero-order chi connectivity index (χ0) is 30.8. The fourth-order valence-corrected chi connectivity index (χ4v) is 6.81. The van der Waals surface area contributed by atoms with Crippen molar-refractivity contribution in [1.29, 1.82) is 0 Å². The van der Waals surface area contributed by atoms with Crippen LogP contribution in [-0.4, -0.2) is 50.7 Å². The van der Waals surface area contributed by atoms with Crippen molar-refractivity contribution in [2.75, 3.05) is 17.2 Å². The van der Waals surface area contributed by atoms with Crippen LogP contribution >= 0.6 is 11.8 Å². The Morgan fingerprint density at radius 3 is 2.45 bits per heavy atom. The van der Waals surface area contributed by atoms with Gasteiger partial charge < -0.3 is 15.0 Å². The molecule has 2 amide bonds. The Morgan fingerprint density at radius 2 is 1.75 bits per heavy atom. The number of hydrogen-bond acceptors (Lipinski definition) is 5. The summed E-state index contributed by atoms with van der Waals surface area (Å²) in [5, 5.41) is 8.35. The van der Waals surface area contributed by atoms with Gasteiger partial charge in [0.15, 0.2) is 11.0 Å². The maximum atomic E-state index is 12.9. The van der Waals surface area contributed by atoms with Crippen LogP contribution < -0.4 is 15.0 Å². The molecule has 2 atom stereocenters. The van der Waals surface area contributed by atoms with Gasteiger partial charge in [0, 0.05) is 29.6 Å². The summed E-state index contributed by atoms with van der Waals surface area (Å²) in [5.41, 5.74) is 6.03. The number of amidine groups is 1. The zero-order valence-corrected chi connectivity index (χ0v) is 25.0. The predicted octanol–water partition coefficient (Wildman–Crippen LogP) is 7.40. The molecule has 6 rings (SSSR count). The number of carbonyl (C=O) groups excluding carboxylic acids is 1. The number of hydrogen-bond donors (Lipinski definition) is 1. The molecule has 0 radical (unpaired) electrons. The molecule has 1 N–H and O–H groups in total. The largest absolute Gasteiger partial charge is 0.573 e. The summed E-state index contributed by atoms with van der Waals surface area (Å²) in [5.74, 6) is 1.41. The lowest BCUT2D eigenvalue weighted by molar-refractivity contribution is -0.274. The molecule has 44 heavy (non-hydrogen) atoms. The highest BCUT2D eigenvalue weighted by Crippen LogP contribution is 2.36. The first-order valence-electron chi connectivity index (χ1n) is 14.4. The van der Waals surface area contributed by atoms with Crippen LogP contribution in [-0.2, 0) is 0 Å². The third-order valence-corrected chi connectivity index (χ3v) is 8.87. The fourth-order valence-electron chi connectivity index (χ4n) is 5.87. The number of aryl methyl sites for hydroxylation is 2. The van der Waals surface area contributed by atoms with Crippen molar-refractivity contribution < 1.29 is 22.7 Å². The minimum Gasteiger partial charge on any atom is -0.406 e. The monoisotopic (exact) mass is 620 g/mol. The van der Waals surface area contributed by atoms with E-state index in [1.165, 1.54) is 52.0 Å². The number of para-hydroxylation sites is 1. The van der Waals surface area contributed by atoms with Crippen LogP contribution in [0.3, 0.4) is 0 Å². The SMILES string of the molecule is Cc1cccc(C)c1N1CCS/C1=N\C(=O)NC1CCC(c2ccc(-c3ncn(-c4ccc(OC(F)(F)F)cc4)n3)cc2)C1. The number of benzene rings is 3. The van der Waals surface area contributed by atoms with E-state index in [0.29, 0.717) is 17.4 Å². The van der Waals surface area contributed by atoms with Gasteiger partial charge in [-0.15, -0.1) is 18.3 Å². The minimum absolute atomic E-state index is 0.0573. The first-order chi connectivity index (χ1) is 21.1. The lowest BCUT2D eigenvalue weighted by Gasteiger charge is -2.22. The standard InChI is InChI=1S/C32H31F3N6O2S/c1-20-4-3-5-21(2)28(20)40-16-17-44-31(40)38-30(42)37-25-11-10-24(18-25)22-6-8-23(9-7-22)29-36-19-41(39-29)26-12-14-27(15-13-26)43-32(33,34)35/h3-9,12-15,19,24-25H,10-11,16-18H2,1-2H3,(H,37,42)/b38-31-. The third-order valence-electron chi connectivity index (χ3n) is 7.91. The maximum Gasteiger partial charge on any atom is 0.573 e. The molecule has 1 saturated heterocycles. The molecule has 12 heteroatoms. The van der Waals surface area contributed by atoms with Crippen LogP contribution in [0, 0.1) is 13.8 Å². The number of nitrogens with zero attached hydrogens (tertiary/aromatic N) is 5. The zero-order valence-electron chi connectivity index (χ0n) is 24.2. The molecular weight excluding hydrogens is 589 g/mol. The Labute approximate surface area is 257 Å². The maximum absolute atomic E-state index is 12.9. The van der Waals surface area contributed by atoms with E-state index in [1.54, 1.807) is 11.8 Å². The summed E-state index contributed by atoms with van der Waals surface area (Å²) in [6.07, 6.45) is -0.540. The second-order valence-corrected chi connectivity index (χ2v) is 12.0. The normalized spacial score (nSPS) is 19.5. The number of alkyl halides is 3. The molecule has 4 aromatic rings. The quantitative estimate of drug-likeness (QED) is 0.242. The molecule has 2 aliphatic rings. The fraction of sp³-hybridized carbons (Fsp3) is 0.312. The number of ether oxygens (including phenoxy) is 1. The second kappa shape index (κ2) is 12.4. The number of amides is 2. The molecule has 1 aromatic heterocycles. The lowest BCUT2D eigenvalue weighted by Crippen LogP contribution is -2.33. The van der Waals surface area contributed by atoms with Gasteiger partial charge in [-0.1, -0.05) is 54.2 Å². The van der Waals surface area contributed by atoms with E-state index >= 15 is 0 Å². The Bertz CT molecular complexity index is 1650. The van der Waals surface area contributed by atoms with E-state index in [1.807, 2.05) is 18.2 Å². The Hall–Kier alpha value is -4.32. The van der Waals surface area contributed by atoms with E-state index in [2.05, 4.69) is 68.1 Å². The number of urea groups is 1. The van der Waals surface area contributed by atoms with Gasteiger partial charge >= 0.3 is 12.4 Å². The van der Waals surface area contributed by atoms with Crippen LogP contribution in [0.4, 0.5) is 23.7 Å². The summed E-state index contributed by atoms with van der Waals surface area (Å²) in [4.78, 5) is 23.9. The van der Waals surface area contributed by atoms with Crippen molar-refractivity contribution in [2.24, 2.45) is 4.99 Å². The van der Waals surface area contributed by atoms with E-state index < -0.39 is 6.36 Å². The Kier molecular flexibility index (Phi) is 8.35. The molecule has 3 aromatic carbocycles. The van der Waals surface area contributed by atoms with E-state index in [9.17, 15) is 18.0 Å². The number of aliphatic imine (C=N–C) groups is 1. The number of anilines is 1. The van der Waals surface area contributed by atoms with Gasteiger partial charge in [-0.05, 0) is 80.0 Å². The van der Waals surface area contributed by atoms with Crippen molar-refractivity contribution >= 4 is 28.6 Å². The molecule has 8 nitrogen and oxygen atoms in total. The first-order valence-corrected chi connectivity index (χ1v) is 15.4.